The van der Waals surface area contributed by atoms with Crippen molar-refractivity contribution in [2.24, 2.45) is 5.73 Å². The Labute approximate surface area is 81.3 Å². The third kappa shape index (κ3) is 2.91. The van der Waals surface area contributed by atoms with Gasteiger partial charge in [0.25, 0.3) is 0 Å². The second-order valence-electron chi connectivity index (χ2n) is 2.95. The van der Waals surface area contributed by atoms with E-state index in [9.17, 15) is 0 Å². The van der Waals surface area contributed by atoms with Gasteiger partial charge in [0.2, 0.25) is 0 Å². The third-order valence-electron chi connectivity index (χ3n) is 1.67. The topological polar surface area (TPSA) is 38.9 Å². The van der Waals surface area contributed by atoms with Crippen LogP contribution in [0.3, 0.4) is 0 Å². The lowest BCUT2D eigenvalue weighted by molar-refractivity contribution is 0.657. The van der Waals surface area contributed by atoms with E-state index in [2.05, 4.69) is 20.9 Å². The fourth-order valence-corrected chi connectivity index (χ4v) is 1.42. The summed E-state index contributed by atoms with van der Waals surface area (Å²) in [5.41, 5.74) is 6.74. The van der Waals surface area contributed by atoms with Crippen molar-refractivity contribution in [3.8, 4) is 0 Å². The van der Waals surface area contributed by atoms with E-state index in [-0.39, 0.29) is 6.04 Å². The van der Waals surface area contributed by atoms with E-state index in [1.54, 1.807) is 6.20 Å². The minimum absolute atomic E-state index is 0.249. The van der Waals surface area contributed by atoms with E-state index < -0.39 is 0 Å². The molecule has 0 saturated heterocycles. The highest BCUT2D eigenvalue weighted by Crippen LogP contribution is 2.14. The Kier molecular flexibility index (Phi) is 3.69. The second-order valence-corrected chi connectivity index (χ2v) is 3.80. The average Bonchev–Trinajstić information content (AvgIpc) is 2.03. The van der Waals surface area contributed by atoms with Crippen molar-refractivity contribution in [3.63, 3.8) is 0 Å². The van der Waals surface area contributed by atoms with Gasteiger partial charge in [0.1, 0.15) is 0 Å². The standard InChI is InChI=1S/C9H13BrN2/c1-7(11)4-5-9-8(10)3-2-6-12-9/h2-3,6-7H,4-5,11H2,1H3/t7-/m0/s1. The molecule has 2 nitrogen and oxygen atoms in total. The van der Waals surface area contributed by atoms with Crippen molar-refractivity contribution in [1.82, 2.24) is 4.98 Å². The van der Waals surface area contributed by atoms with Crippen molar-refractivity contribution < 1.29 is 0 Å². The van der Waals surface area contributed by atoms with Crippen LogP contribution in [0.15, 0.2) is 22.8 Å². The molecule has 1 rings (SSSR count). The van der Waals surface area contributed by atoms with E-state index in [0.717, 1.165) is 23.0 Å². The Bertz CT molecular complexity index is 248. The molecule has 66 valence electrons. The van der Waals surface area contributed by atoms with Crippen LogP contribution in [0.1, 0.15) is 19.0 Å². The summed E-state index contributed by atoms with van der Waals surface area (Å²) in [7, 11) is 0. The summed E-state index contributed by atoms with van der Waals surface area (Å²) in [6.45, 7) is 2.01. The largest absolute Gasteiger partial charge is 0.328 e. The lowest BCUT2D eigenvalue weighted by Crippen LogP contribution is -2.15. The van der Waals surface area contributed by atoms with Gasteiger partial charge in [0.15, 0.2) is 0 Å². The first-order valence-electron chi connectivity index (χ1n) is 4.05. The Morgan fingerprint density at radius 1 is 1.67 bits per heavy atom. The van der Waals surface area contributed by atoms with Crippen LogP contribution in [0.4, 0.5) is 0 Å². The number of nitrogens with zero attached hydrogens (tertiary/aromatic N) is 1. The first-order valence-corrected chi connectivity index (χ1v) is 4.84. The lowest BCUT2D eigenvalue weighted by atomic mass is 10.1. The molecule has 3 heteroatoms. The number of pyridine rings is 1. The smallest absolute Gasteiger partial charge is 0.0546 e. The number of aryl methyl sites for hydroxylation is 1. The SMILES string of the molecule is C[C@H](N)CCc1ncccc1Br. The van der Waals surface area contributed by atoms with Crippen molar-refractivity contribution in [2.75, 3.05) is 0 Å². The zero-order valence-corrected chi connectivity index (χ0v) is 8.71. The van der Waals surface area contributed by atoms with E-state index in [4.69, 9.17) is 5.73 Å². The minimum atomic E-state index is 0.249. The molecule has 1 heterocycles. The van der Waals surface area contributed by atoms with Crippen LogP contribution in [0.25, 0.3) is 0 Å². The summed E-state index contributed by atoms with van der Waals surface area (Å²) < 4.78 is 1.07. The molecule has 0 amide bonds. The van der Waals surface area contributed by atoms with Crippen LogP contribution in [-0.4, -0.2) is 11.0 Å². The van der Waals surface area contributed by atoms with Crippen LogP contribution in [0, 0.1) is 0 Å². The molecule has 0 bridgehead atoms. The predicted octanol–water partition coefficient (Wildman–Crippen LogP) is 2.12. The van der Waals surface area contributed by atoms with Gasteiger partial charge >= 0.3 is 0 Å². The number of hydrogen-bond donors (Lipinski definition) is 1. The lowest BCUT2D eigenvalue weighted by Gasteiger charge is -2.05. The van der Waals surface area contributed by atoms with Crippen LogP contribution in [0.2, 0.25) is 0 Å². The summed E-state index contributed by atoms with van der Waals surface area (Å²) in [5, 5.41) is 0. The summed E-state index contributed by atoms with van der Waals surface area (Å²) >= 11 is 3.44. The number of aromatic nitrogens is 1. The summed E-state index contributed by atoms with van der Waals surface area (Å²) in [6.07, 6.45) is 3.73. The van der Waals surface area contributed by atoms with Crippen LogP contribution in [0.5, 0.6) is 0 Å². The van der Waals surface area contributed by atoms with Crippen molar-refractivity contribution in [2.45, 2.75) is 25.8 Å². The highest BCUT2D eigenvalue weighted by molar-refractivity contribution is 9.10. The number of rotatable bonds is 3. The van der Waals surface area contributed by atoms with Gasteiger partial charge in [-0.1, -0.05) is 0 Å². The van der Waals surface area contributed by atoms with E-state index in [0.29, 0.717) is 0 Å². The molecule has 0 radical (unpaired) electrons. The fraction of sp³-hybridized carbons (Fsp3) is 0.444. The Hall–Kier alpha value is -0.410. The third-order valence-corrected chi connectivity index (χ3v) is 2.39. The molecule has 0 aliphatic rings. The van der Waals surface area contributed by atoms with Gasteiger partial charge in [-0.05, 0) is 47.8 Å². The minimum Gasteiger partial charge on any atom is -0.328 e. The Balaban J connectivity index is 2.57. The molecule has 0 spiro atoms. The molecule has 0 saturated carbocycles. The van der Waals surface area contributed by atoms with E-state index in [1.165, 1.54) is 0 Å². The molecule has 1 atom stereocenters. The van der Waals surface area contributed by atoms with Gasteiger partial charge < -0.3 is 5.73 Å². The summed E-state index contributed by atoms with van der Waals surface area (Å²) in [6, 6.07) is 4.17. The Morgan fingerprint density at radius 2 is 2.42 bits per heavy atom. The number of halogens is 1. The number of nitrogens with two attached hydrogens (primary N) is 1. The monoisotopic (exact) mass is 228 g/mol. The highest BCUT2D eigenvalue weighted by atomic mass is 79.9. The molecular weight excluding hydrogens is 216 g/mol. The quantitative estimate of drug-likeness (QED) is 0.862. The van der Waals surface area contributed by atoms with Crippen molar-refractivity contribution in [1.29, 1.82) is 0 Å². The van der Waals surface area contributed by atoms with Gasteiger partial charge in [-0.3, -0.25) is 4.98 Å². The molecule has 2 N–H and O–H groups in total. The van der Waals surface area contributed by atoms with Crippen LogP contribution in [-0.2, 0) is 6.42 Å². The molecule has 0 fully saturated rings. The van der Waals surface area contributed by atoms with Gasteiger partial charge in [-0.2, -0.15) is 0 Å². The van der Waals surface area contributed by atoms with Gasteiger partial charge in [-0.25, -0.2) is 0 Å². The molecule has 0 aromatic carbocycles. The van der Waals surface area contributed by atoms with Gasteiger partial charge in [-0.15, -0.1) is 0 Å². The maximum absolute atomic E-state index is 5.65. The molecule has 1 aromatic heterocycles. The maximum Gasteiger partial charge on any atom is 0.0546 e. The predicted molar refractivity (Wildman–Crippen MR) is 53.9 cm³/mol. The van der Waals surface area contributed by atoms with Crippen LogP contribution < -0.4 is 5.73 Å². The normalized spacial score (nSPS) is 12.9. The first-order chi connectivity index (χ1) is 5.70. The van der Waals surface area contributed by atoms with Gasteiger partial charge in [0, 0.05) is 16.7 Å². The number of hydrogen-bond acceptors (Lipinski definition) is 2. The van der Waals surface area contributed by atoms with Crippen LogP contribution >= 0.6 is 15.9 Å². The van der Waals surface area contributed by atoms with Crippen molar-refractivity contribution >= 4 is 15.9 Å². The molecule has 0 unspecified atom stereocenters. The summed E-state index contributed by atoms with van der Waals surface area (Å²) in [4.78, 5) is 4.25. The summed E-state index contributed by atoms with van der Waals surface area (Å²) in [5.74, 6) is 0. The fourth-order valence-electron chi connectivity index (χ4n) is 0.967. The average molecular weight is 229 g/mol. The molecule has 0 aliphatic carbocycles. The van der Waals surface area contributed by atoms with Crippen molar-refractivity contribution in [3.05, 3.63) is 28.5 Å². The first kappa shape index (κ1) is 9.68. The second kappa shape index (κ2) is 4.58. The molecule has 1 aromatic rings. The highest BCUT2D eigenvalue weighted by Gasteiger charge is 2.01. The molecule has 12 heavy (non-hydrogen) atoms. The zero-order chi connectivity index (χ0) is 8.97. The van der Waals surface area contributed by atoms with Gasteiger partial charge in [0.05, 0.1) is 5.69 Å². The molecule has 0 aliphatic heterocycles. The molecular formula is C9H13BrN2. The Morgan fingerprint density at radius 3 is 3.00 bits per heavy atom. The van der Waals surface area contributed by atoms with E-state index >= 15 is 0 Å². The zero-order valence-electron chi connectivity index (χ0n) is 7.13. The maximum atomic E-state index is 5.65. The van der Waals surface area contributed by atoms with E-state index in [1.807, 2.05) is 19.1 Å².